The molecule has 1 saturated heterocycles. The molecule has 0 aromatic heterocycles. The highest BCUT2D eigenvalue weighted by Crippen LogP contribution is 2.22. The number of nitrogens with one attached hydrogen (secondary N) is 1. The fraction of sp³-hybridized carbons (Fsp3) is 0.643. The average Bonchev–Trinajstić information content (AvgIpc) is 2.37. The van der Waals surface area contributed by atoms with Crippen molar-refractivity contribution in [1.29, 1.82) is 0 Å². The smallest absolute Gasteiger partial charge is 0.408 e. The Kier molecular flexibility index (Phi) is 6.43. The van der Waals surface area contributed by atoms with Gasteiger partial charge in [0.2, 0.25) is 0 Å². The van der Waals surface area contributed by atoms with Crippen molar-refractivity contribution in [1.82, 2.24) is 5.32 Å². The molecule has 3 unspecified atom stereocenters. The van der Waals surface area contributed by atoms with E-state index in [1.165, 1.54) is 6.08 Å². The van der Waals surface area contributed by atoms with Crippen LogP contribution in [0.15, 0.2) is 12.7 Å². The topological polar surface area (TPSA) is 90.9 Å². The minimum Gasteiger partial charge on any atom is -0.461 e. The number of carbonyl (C=O) groups excluding carboxylic acids is 3. The van der Waals surface area contributed by atoms with Gasteiger partial charge in [0, 0.05) is 0 Å². The molecule has 1 amide bonds. The van der Waals surface area contributed by atoms with Gasteiger partial charge in [0.1, 0.15) is 23.7 Å². The van der Waals surface area contributed by atoms with Crippen LogP contribution in [0.3, 0.4) is 0 Å². The zero-order valence-electron chi connectivity index (χ0n) is 12.8. The number of carbonyl (C=O) groups is 3. The highest BCUT2D eigenvalue weighted by Gasteiger charge is 2.44. The van der Waals surface area contributed by atoms with E-state index in [2.05, 4.69) is 24.5 Å². The lowest BCUT2D eigenvalue weighted by atomic mass is 9.96. The zero-order chi connectivity index (χ0) is 16.9. The Bertz CT molecular complexity index is 459. The highest BCUT2D eigenvalue weighted by atomic mass is 32.1. The summed E-state index contributed by atoms with van der Waals surface area (Å²) in [5.74, 6) is -2.50. The second-order valence-electron chi connectivity index (χ2n) is 5.72. The van der Waals surface area contributed by atoms with Gasteiger partial charge < -0.3 is 19.5 Å². The molecule has 7 nitrogen and oxygen atoms in total. The van der Waals surface area contributed by atoms with Crippen LogP contribution < -0.4 is 5.32 Å². The van der Waals surface area contributed by atoms with Gasteiger partial charge in [-0.25, -0.2) is 4.79 Å². The number of rotatable bonds is 4. The van der Waals surface area contributed by atoms with Crippen LogP contribution in [0.4, 0.5) is 4.79 Å². The molecule has 0 saturated carbocycles. The van der Waals surface area contributed by atoms with Gasteiger partial charge in [-0.1, -0.05) is 12.7 Å². The lowest BCUT2D eigenvalue weighted by molar-refractivity contribution is -0.159. The molecule has 1 rings (SSSR count). The monoisotopic (exact) mass is 331 g/mol. The Morgan fingerprint density at radius 2 is 2.14 bits per heavy atom. The fourth-order valence-electron chi connectivity index (χ4n) is 1.76. The molecule has 1 heterocycles. The molecule has 1 aliphatic rings. The maximum Gasteiger partial charge on any atom is 0.408 e. The summed E-state index contributed by atoms with van der Waals surface area (Å²) in [7, 11) is 0. The summed E-state index contributed by atoms with van der Waals surface area (Å²) in [6.45, 7) is 8.41. The molecule has 0 spiro atoms. The van der Waals surface area contributed by atoms with Crippen LogP contribution in [-0.4, -0.2) is 48.1 Å². The van der Waals surface area contributed by atoms with Crippen molar-refractivity contribution in [3.8, 4) is 0 Å². The van der Waals surface area contributed by atoms with E-state index in [-0.39, 0.29) is 13.2 Å². The number of amides is 1. The van der Waals surface area contributed by atoms with E-state index in [1.54, 1.807) is 20.8 Å². The molecule has 22 heavy (non-hydrogen) atoms. The summed E-state index contributed by atoms with van der Waals surface area (Å²) in [5, 5.41) is 2.39. The summed E-state index contributed by atoms with van der Waals surface area (Å²) in [5.41, 5.74) is -1.61. The SMILES string of the molecule is C=CCOC(=O)C1C(=O)C(NC(=O)OC(C)(C)C)COC1S. The molecule has 1 fully saturated rings. The predicted octanol–water partition coefficient (Wildman–Crippen LogP) is 1.08. The van der Waals surface area contributed by atoms with Gasteiger partial charge in [-0.2, -0.15) is 0 Å². The number of ketones is 1. The summed E-state index contributed by atoms with van der Waals surface area (Å²) >= 11 is 4.06. The van der Waals surface area contributed by atoms with Crippen LogP contribution >= 0.6 is 12.6 Å². The van der Waals surface area contributed by atoms with Crippen molar-refractivity contribution < 1.29 is 28.6 Å². The lowest BCUT2D eigenvalue weighted by Gasteiger charge is -2.32. The number of esters is 1. The number of alkyl carbamates (subject to hydrolysis) is 1. The highest BCUT2D eigenvalue weighted by molar-refractivity contribution is 7.80. The van der Waals surface area contributed by atoms with Crippen molar-refractivity contribution in [2.24, 2.45) is 5.92 Å². The van der Waals surface area contributed by atoms with E-state index in [1.807, 2.05) is 0 Å². The third-order valence-corrected chi connectivity index (χ3v) is 3.10. The molecule has 0 aromatic rings. The van der Waals surface area contributed by atoms with Crippen LogP contribution in [0.25, 0.3) is 0 Å². The summed E-state index contributed by atoms with van der Waals surface area (Å²) < 4.78 is 15.2. The Morgan fingerprint density at radius 3 is 2.68 bits per heavy atom. The van der Waals surface area contributed by atoms with Gasteiger partial charge in [-0.05, 0) is 20.8 Å². The molecule has 0 radical (unpaired) electrons. The molecule has 8 heteroatoms. The first-order valence-corrected chi connectivity index (χ1v) is 7.28. The summed E-state index contributed by atoms with van der Waals surface area (Å²) in [6.07, 6.45) is 0.626. The molecule has 0 bridgehead atoms. The molecule has 1 N–H and O–H groups in total. The van der Waals surface area contributed by atoms with Crippen LogP contribution in [0.1, 0.15) is 20.8 Å². The third kappa shape index (κ3) is 5.34. The lowest BCUT2D eigenvalue weighted by Crippen LogP contribution is -2.55. The number of hydrogen-bond donors (Lipinski definition) is 2. The molecular weight excluding hydrogens is 310 g/mol. The second-order valence-corrected chi connectivity index (χ2v) is 6.23. The van der Waals surface area contributed by atoms with Crippen LogP contribution in [0.2, 0.25) is 0 Å². The first-order valence-electron chi connectivity index (χ1n) is 6.76. The Morgan fingerprint density at radius 1 is 1.50 bits per heavy atom. The van der Waals surface area contributed by atoms with Gasteiger partial charge in [0.15, 0.2) is 11.7 Å². The van der Waals surface area contributed by atoms with Crippen molar-refractivity contribution in [2.45, 2.75) is 37.9 Å². The van der Waals surface area contributed by atoms with Crippen LogP contribution in [-0.2, 0) is 23.8 Å². The van der Waals surface area contributed by atoms with Crippen molar-refractivity contribution in [2.75, 3.05) is 13.2 Å². The minimum atomic E-state index is -1.21. The number of ether oxygens (including phenoxy) is 3. The van der Waals surface area contributed by atoms with Gasteiger partial charge in [0.25, 0.3) is 0 Å². The minimum absolute atomic E-state index is 0.0206. The van der Waals surface area contributed by atoms with Crippen LogP contribution in [0.5, 0.6) is 0 Å². The first kappa shape index (κ1) is 18.5. The summed E-state index contributed by atoms with van der Waals surface area (Å²) in [4.78, 5) is 35.9. The van der Waals surface area contributed by atoms with E-state index in [0.717, 1.165) is 0 Å². The maximum absolute atomic E-state index is 12.3. The Labute approximate surface area is 134 Å². The van der Waals surface area contributed by atoms with E-state index in [0.29, 0.717) is 0 Å². The number of hydrogen-bond acceptors (Lipinski definition) is 7. The molecule has 0 aliphatic carbocycles. The molecule has 124 valence electrons. The van der Waals surface area contributed by atoms with Gasteiger partial charge in [0.05, 0.1) is 6.61 Å². The number of thiol groups is 1. The van der Waals surface area contributed by atoms with Gasteiger partial charge in [-0.3, -0.25) is 9.59 Å². The van der Waals surface area contributed by atoms with Gasteiger partial charge >= 0.3 is 12.1 Å². The van der Waals surface area contributed by atoms with E-state index in [4.69, 9.17) is 14.2 Å². The molecule has 3 atom stereocenters. The van der Waals surface area contributed by atoms with Crippen molar-refractivity contribution in [3.63, 3.8) is 0 Å². The maximum atomic E-state index is 12.3. The quantitative estimate of drug-likeness (QED) is 0.347. The van der Waals surface area contributed by atoms with E-state index < -0.39 is 40.8 Å². The second kappa shape index (κ2) is 7.64. The van der Waals surface area contributed by atoms with Crippen LogP contribution in [0, 0.1) is 5.92 Å². The van der Waals surface area contributed by atoms with Gasteiger partial charge in [-0.15, -0.1) is 12.6 Å². The fourth-order valence-corrected chi connectivity index (χ4v) is 2.11. The molecule has 1 aliphatic heterocycles. The Hall–Kier alpha value is -1.54. The normalized spacial score (nSPS) is 25.3. The number of Topliss-reactive ketones (excluding diaryl/α,β-unsaturated/α-hetero) is 1. The predicted molar refractivity (Wildman–Crippen MR) is 81.5 cm³/mol. The van der Waals surface area contributed by atoms with Crippen molar-refractivity contribution in [3.05, 3.63) is 12.7 Å². The zero-order valence-corrected chi connectivity index (χ0v) is 13.7. The molecule has 0 aromatic carbocycles. The van der Waals surface area contributed by atoms with E-state index in [9.17, 15) is 14.4 Å². The third-order valence-electron chi connectivity index (χ3n) is 2.66. The first-order chi connectivity index (χ1) is 10.2. The standard InChI is InChI=1S/C14H21NO6S/c1-5-6-19-11(17)9-10(16)8(7-20-12(9)22)15-13(18)21-14(2,3)4/h5,8-9,12,22H,1,6-7H2,2-4H3,(H,15,18). The summed E-state index contributed by atoms with van der Waals surface area (Å²) in [6, 6.07) is -0.987. The Balaban J connectivity index is 2.71. The average molecular weight is 331 g/mol. The largest absolute Gasteiger partial charge is 0.461 e. The molecular formula is C14H21NO6S. The van der Waals surface area contributed by atoms with E-state index >= 15 is 0 Å². The van der Waals surface area contributed by atoms with Crippen molar-refractivity contribution >= 4 is 30.5 Å².